The van der Waals surface area contributed by atoms with E-state index in [1.54, 1.807) is 29.5 Å². The van der Waals surface area contributed by atoms with Crippen molar-refractivity contribution in [3.63, 3.8) is 0 Å². The third kappa shape index (κ3) is 6.75. The molecule has 4 aromatic rings. The molecule has 268 valence electrons. The maximum Gasteiger partial charge on any atom is 0.255 e. The molecule has 0 aliphatic carbocycles. The number of carbonyl (C=O) groups is 5. The van der Waals surface area contributed by atoms with Crippen molar-refractivity contribution >= 4 is 63.9 Å². The Morgan fingerprint density at radius 3 is 2.58 bits per heavy atom. The smallest absolute Gasteiger partial charge is 0.255 e. The molecule has 5 amide bonds. The van der Waals surface area contributed by atoms with Crippen LogP contribution in [0.1, 0.15) is 93.7 Å². The van der Waals surface area contributed by atoms with Gasteiger partial charge in [-0.25, -0.2) is 0 Å². The van der Waals surface area contributed by atoms with Crippen LogP contribution < -0.4 is 16.0 Å². The second-order valence-corrected chi connectivity index (χ2v) is 14.8. The summed E-state index contributed by atoms with van der Waals surface area (Å²) in [5.41, 5.74) is 5.37. The van der Waals surface area contributed by atoms with Gasteiger partial charge < -0.3 is 15.5 Å². The summed E-state index contributed by atoms with van der Waals surface area (Å²) < 4.78 is 2.01. The first-order valence-electron chi connectivity index (χ1n) is 17.2. The van der Waals surface area contributed by atoms with Gasteiger partial charge in [-0.2, -0.15) is 0 Å². The molecule has 1 fully saturated rings. The molecule has 3 N–H and O–H groups in total. The Morgan fingerprint density at radius 1 is 1.02 bits per heavy atom. The van der Waals surface area contributed by atoms with Crippen molar-refractivity contribution in [3.8, 4) is 5.00 Å². The maximum absolute atomic E-state index is 13.3. The van der Waals surface area contributed by atoms with Crippen LogP contribution >= 0.6 is 22.9 Å². The molecule has 0 spiro atoms. The average Bonchev–Trinajstić information content (AvgIpc) is 3.72. The predicted octanol–water partition coefficient (Wildman–Crippen LogP) is 4.88. The summed E-state index contributed by atoms with van der Waals surface area (Å²) in [5, 5.41) is 18.6. The minimum Gasteiger partial charge on any atom is -0.356 e. The van der Waals surface area contributed by atoms with Gasteiger partial charge in [0.05, 0.1) is 12.1 Å². The fraction of sp³-hybridized carbons (Fsp3) is 0.351. The minimum atomic E-state index is -0.735. The lowest BCUT2D eigenvalue weighted by Gasteiger charge is -2.29. The minimum absolute atomic E-state index is 0.0658. The summed E-state index contributed by atoms with van der Waals surface area (Å²) >= 11 is 7.86. The number of hydrogen-bond donors (Lipinski definition) is 3. The Labute approximate surface area is 308 Å². The van der Waals surface area contributed by atoms with Gasteiger partial charge in [0.1, 0.15) is 22.9 Å². The number of fused-ring (bicyclic) bond motifs is 4. The number of nitrogens with one attached hydrogen (secondary N) is 3. The molecule has 13 nitrogen and oxygen atoms in total. The van der Waals surface area contributed by atoms with Gasteiger partial charge in [-0.1, -0.05) is 29.8 Å². The van der Waals surface area contributed by atoms with Gasteiger partial charge in [0.25, 0.3) is 5.91 Å². The van der Waals surface area contributed by atoms with E-state index in [0.717, 1.165) is 32.3 Å². The maximum atomic E-state index is 13.3. The van der Waals surface area contributed by atoms with E-state index in [4.69, 9.17) is 16.6 Å². The summed E-state index contributed by atoms with van der Waals surface area (Å²) in [5.74, 6) is -0.231. The first-order chi connectivity index (χ1) is 25.0. The Morgan fingerprint density at radius 2 is 1.81 bits per heavy atom. The number of hydrogen-bond acceptors (Lipinski definition) is 9. The molecule has 5 heterocycles. The number of benzene rings is 2. The van der Waals surface area contributed by atoms with E-state index in [1.807, 2.05) is 35.8 Å². The van der Waals surface area contributed by atoms with Crippen LogP contribution in [0.2, 0.25) is 5.02 Å². The molecule has 1 unspecified atom stereocenters. The lowest BCUT2D eigenvalue weighted by molar-refractivity contribution is -0.137. The molecule has 15 heteroatoms. The zero-order valence-electron chi connectivity index (χ0n) is 28.9. The Balaban J connectivity index is 0.955. The lowest BCUT2D eigenvalue weighted by Crippen LogP contribution is -2.52. The number of nitrogens with zero attached hydrogens (tertiary/aromatic N) is 5. The van der Waals surface area contributed by atoms with Crippen LogP contribution in [-0.4, -0.2) is 67.5 Å². The van der Waals surface area contributed by atoms with Crippen LogP contribution in [0.25, 0.3) is 5.00 Å². The van der Waals surface area contributed by atoms with Crippen LogP contribution in [0, 0.1) is 20.8 Å². The first-order valence-corrected chi connectivity index (χ1v) is 18.4. The van der Waals surface area contributed by atoms with E-state index >= 15 is 0 Å². The van der Waals surface area contributed by atoms with Crippen molar-refractivity contribution in [3.05, 3.63) is 91.8 Å². The number of anilines is 1. The molecule has 0 bridgehead atoms. The Kier molecular flexibility index (Phi) is 9.77. The van der Waals surface area contributed by atoms with Crippen molar-refractivity contribution in [2.24, 2.45) is 4.99 Å². The van der Waals surface area contributed by atoms with Crippen molar-refractivity contribution in [1.82, 2.24) is 30.3 Å². The van der Waals surface area contributed by atoms with Crippen LogP contribution in [0.15, 0.2) is 47.5 Å². The quantitative estimate of drug-likeness (QED) is 0.154. The zero-order valence-corrected chi connectivity index (χ0v) is 30.5. The molecule has 3 aliphatic rings. The van der Waals surface area contributed by atoms with Gasteiger partial charge in [-0.3, -0.25) is 38.8 Å². The lowest BCUT2D eigenvalue weighted by atomic mass is 9.99. The van der Waals surface area contributed by atoms with Crippen LogP contribution in [0.5, 0.6) is 0 Å². The number of aliphatic imine (C=N–C) groups is 1. The molecular formula is C37H37ClN8O5S. The van der Waals surface area contributed by atoms with Crippen molar-refractivity contribution in [1.29, 1.82) is 0 Å². The summed E-state index contributed by atoms with van der Waals surface area (Å²) in [6.45, 7) is 6.59. The Hall–Kier alpha value is -5.21. The molecule has 7 rings (SSSR count). The molecular weight excluding hydrogens is 704 g/mol. The fourth-order valence-electron chi connectivity index (χ4n) is 6.93. The largest absolute Gasteiger partial charge is 0.356 e. The molecule has 52 heavy (non-hydrogen) atoms. The average molecular weight is 741 g/mol. The highest BCUT2D eigenvalue weighted by Gasteiger charge is 2.40. The van der Waals surface area contributed by atoms with Gasteiger partial charge in [-0.05, 0) is 69.9 Å². The van der Waals surface area contributed by atoms with Crippen LogP contribution in [0.3, 0.4) is 0 Å². The standard InChI is InChI=1S/C37H37ClN8O5S/c1-19-20(2)52-37-32(19)33(22-10-12-23(38)13-11-22)41-27(34-44-43-21(3)46(34)37)17-31(49)39-16-5-4-9-29(47)40-26-8-6-7-24-25(26)18-45(36(24)51)28-14-15-30(48)42-35(28)50/h6-8,10-13,27-28H,4-5,9,14-18H2,1-3H3,(H,39,49)(H,40,47)(H,42,48,50)/t27-,28?/m0/s1. The molecule has 1 saturated heterocycles. The Bertz CT molecular complexity index is 2160. The topological polar surface area (TPSA) is 168 Å². The molecule has 2 atom stereocenters. The number of amides is 5. The van der Waals surface area contributed by atoms with Gasteiger partial charge in [-0.15, -0.1) is 21.5 Å². The number of rotatable bonds is 10. The van der Waals surface area contributed by atoms with Gasteiger partial charge in [0.15, 0.2) is 5.82 Å². The monoisotopic (exact) mass is 740 g/mol. The molecule has 0 radical (unpaired) electrons. The number of aryl methyl sites for hydroxylation is 2. The third-order valence-electron chi connectivity index (χ3n) is 9.74. The highest BCUT2D eigenvalue weighted by Crippen LogP contribution is 2.40. The SMILES string of the molecule is Cc1sc2c(c1C)C(c1ccc(Cl)cc1)=N[C@@H](CC(=O)NCCCCC(=O)Nc1cccc3c1CN(C1CCC(=O)NC1=O)C3=O)c1nnc(C)n1-2. The number of thiophene rings is 1. The van der Waals surface area contributed by atoms with E-state index in [1.165, 1.54) is 4.90 Å². The number of unbranched alkanes of at least 4 members (excludes halogenated alkanes) is 1. The van der Waals surface area contributed by atoms with E-state index < -0.39 is 18.0 Å². The third-order valence-corrected chi connectivity index (χ3v) is 11.2. The van der Waals surface area contributed by atoms with Crippen molar-refractivity contribution < 1.29 is 24.0 Å². The fourth-order valence-corrected chi connectivity index (χ4v) is 8.27. The van der Waals surface area contributed by atoms with Gasteiger partial charge >= 0.3 is 0 Å². The molecule has 2 aromatic heterocycles. The number of carbonyl (C=O) groups excluding carboxylic acids is 5. The van der Waals surface area contributed by atoms with E-state index in [-0.39, 0.29) is 55.9 Å². The van der Waals surface area contributed by atoms with Gasteiger partial charge in [0, 0.05) is 63.8 Å². The summed E-state index contributed by atoms with van der Waals surface area (Å²) in [4.78, 5) is 71.1. The summed E-state index contributed by atoms with van der Waals surface area (Å²) in [6.07, 6.45) is 1.80. The summed E-state index contributed by atoms with van der Waals surface area (Å²) in [6, 6.07) is 11.3. The van der Waals surface area contributed by atoms with Gasteiger partial charge in [0.2, 0.25) is 23.6 Å². The number of aromatic nitrogens is 3. The van der Waals surface area contributed by atoms with E-state index in [9.17, 15) is 24.0 Å². The molecule has 3 aliphatic heterocycles. The number of halogens is 1. The number of piperidine rings is 1. The highest BCUT2D eigenvalue weighted by molar-refractivity contribution is 7.15. The molecule has 2 aromatic carbocycles. The van der Waals surface area contributed by atoms with Crippen LogP contribution in [0.4, 0.5) is 5.69 Å². The summed E-state index contributed by atoms with van der Waals surface area (Å²) in [7, 11) is 0. The van der Waals surface area contributed by atoms with Crippen molar-refractivity contribution in [2.75, 3.05) is 11.9 Å². The normalized spacial score (nSPS) is 17.9. The zero-order chi connectivity index (χ0) is 36.7. The molecule has 0 saturated carbocycles. The highest BCUT2D eigenvalue weighted by atomic mass is 35.5. The van der Waals surface area contributed by atoms with E-state index in [0.29, 0.717) is 52.9 Å². The second kappa shape index (κ2) is 14.4. The van der Waals surface area contributed by atoms with Crippen molar-refractivity contribution in [2.45, 2.75) is 77.9 Å². The second-order valence-electron chi connectivity index (χ2n) is 13.2. The first kappa shape index (κ1) is 35.2. The van der Waals surface area contributed by atoms with Crippen LogP contribution in [-0.2, 0) is 25.7 Å². The van der Waals surface area contributed by atoms with E-state index in [2.05, 4.69) is 40.0 Å². The number of imide groups is 1. The predicted molar refractivity (Wildman–Crippen MR) is 196 cm³/mol.